The molecule has 7 atom stereocenters. The number of likely N-dealkylation sites (tertiary alicyclic amines) is 1. The van der Waals surface area contributed by atoms with E-state index in [4.69, 9.17) is 4.74 Å². The first-order chi connectivity index (χ1) is 14.6. The SMILES string of the molecule is CN=C(NCCN1C(=O)C2C3C=CC(C3)C2C1=O)NC1C2CCOC2C12CCCC2.I. The number of hydrogen-bond donors (Lipinski definition) is 2. The zero-order valence-electron chi connectivity index (χ0n) is 18.1. The molecule has 0 aromatic rings. The van der Waals surface area contributed by atoms with Crippen LogP contribution < -0.4 is 10.6 Å². The summed E-state index contributed by atoms with van der Waals surface area (Å²) in [4.78, 5) is 31.6. The Kier molecular flexibility index (Phi) is 5.60. The van der Waals surface area contributed by atoms with Crippen molar-refractivity contribution in [2.24, 2.45) is 40.0 Å². The molecular formula is C23H33IN4O3. The summed E-state index contributed by atoms with van der Waals surface area (Å²) in [6.07, 6.45) is 11.8. The Bertz CT molecular complexity index is 794. The molecule has 4 aliphatic carbocycles. The smallest absolute Gasteiger partial charge is 0.233 e. The van der Waals surface area contributed by atoms with Crippen LogP contribution in [-0.2, 0) is 14.3 Å². The molecule has 3 saturated carbocycles. The maximum atomic E-state index is 12.8. The third kappa shape index (κ3) is 3.03. The van der Waals surface area contributed by atoms with Gasteiger partial charge in [-0.2, -0.15) is 0 Å². The monoisotopic (exact) mass is 540 g/mol. The van der Waals surface area contributed by atoms with Gasteiger partial charge in [0.1, 0.15) is 0 Å². The van der Waals surface area contributed by atoms with Crippen molar-refractivity contribution in [2.75, 3.05) is 26.7 Å². The number of carbonyl (C=O) groups is 2. The van der Waals surface area contributed by atoms with Crippen molar-refractivity contribution >= 4 is 41.8 Å². The number of nitrogens with zero attached hydrogens (tertiary/aromatic N) is 2. The fraction of sp³-hybridized carbons (Fsp3) is 0.783. The molecule has 6 aliphatic rings. The Labute approximate surface area is 200 Å². The molecule has 0 aromatic heterocycles. The standard InChI is InChI=1S/C23H32N4O3.HI/c1-24-22(26-18-15-6-11-30-19(15)23(18)7-2-3-8-23)25-9-10-27-20(28)16-13-4-5-14(12-13)17(16)21(27)29;/h4-5,13-19H,2-3,6-12H2,1H3,(H2,24,25,26);1H. The van der Waals surface area contributed by atoms with Gasteiger partial charge in [-0.3, -0.25) is 19.5 Å². The summed E-state index contributed by atoms with van der Waals surface area (Å²) in [6, 6.07) is 0.412. The van der Waals surface area contributed by atoms with Gasteiger partial charge in [0.2, 0.25) is 11.8 Å². The van der Waals surface area contributed by atoms with Crippen LogP contribution in [0.3, 0.4) is 0 Å². The lowest BCUT2D eigenvalue weighted by Crippen LogP contribution is -2.69. The van der Waals surface area contributed by atoms with Gasteiger partial charge >= 0.3 is 0 Å². The van der Waals surface area contributed by atoms with Crippen molar-refractivity contribution in [3.05, 3.63) is 12.2 Å². The van der Waals surface area contributed by atoms with E-state index in [9.17, 15) is 9.59 Å². The van der Waals surface area contributed by atoms with Crippen LogP contribution in [0.15, 0.2) is 17.1 Å². The highest BCUT2D eigenvalue weighted by Crippen LogP contribution is 2.60. The van der Waals surface area contributed by atoms with Gasteiger partial charge in [0.15, 0.2) is 5.96 Å². The van der Waals surface area contributed by atoms with E-state index in [2.05, 4.69) is 27.8 Å². The van der Waals surface area contributed by atoms with Crippen LogP contribution in [0.1, 0.15) is 38.5 Å². The van der Waals surface area contributed by atoms with E-state index in [0.29, 0.717) is 31.2 Å². The molecule has 2 aliphatic heterocycles. The molecule has 7 nitrogen and oxygen atoms in total. The molecule has 7 unspecified atom stereocenters. The Hall–Kier alpha value is -1.16. The average Bonchev–Trinajstić information content (AvgIpc) is 3.55. The number of hydrogen-bond acceptors (Lipinski definition) is 4. The predicted molar refractivity (Wildman–Crippen MR) is 127 cm³/mol. The van der Waals surface area contributed by atoms with Gasteiger partial charge in [0, 0.05) is 44.1 Å². The number of ether oxygens (including phenoxy) is 1. The maximum Gasteiger partial charge on any atom is 0.233 e. The van der Waals surface area contributed by atoms with E-state index < -0.39 is 0 Å². The summed E-state index contributed by atoms with van der Waals surface area (Å²) in [5, 5.41) is 7.04. The molecule has 170 valence electrons. The average molecular weight is 540 g/mol. The first-order valence-electron chi connectivity index (χ1n) is 11.8. The molecule has 0 radical (unpaired) electrons. The van der Waals surface area contributed by atoms with Crippen LogP contribution in [0.5, 0.6) is 0 Å². The Morgan fingerprint density at radius 3 is 2.52 bits per heavy atom. The number of halogens is 1. The van der Waals surface area contributed by atoms with Gasteiger partial charge in [-0.1, -0.05) is 25.0 Å². The molecule has 0 aromatic carbocycles. The van der Waals surface area contributed by atoms with Crippen molar-refractivity contribution in [2.45, 2.75) is 50.7 Å². The molecule has 2 saturated heterocycles. The second-order valence-corrected chi connectivity index (χ2v) is 10.1. The number of imide groups is 1. The number of amides is 2. The van der Waals surface area contributed by atoms with Gasteiger partial charge < -0.3 is 15.4 Å². The van der Waals surface area contributed by atoms with E-state index >= 15 is 0 Å². The molecule has 31 heavy (non-hydrogen) atoms. The highest BCUT2D eigenvalue weighted by molar-refractivity contribution is 14.0. The number of nitrogens with one attached hydrogen (secondary N) is 2. The molecule has 8 heteroatoms. The van der Waals surface area contributed by atoms with E-state index in [1.165, 1.54) is 30.6 Å². The van der Waals surface area contributed by atoms with Gasteiger partial charge in [-0.25, -0.2) is 0 Å². The number of aliphatic imine (C=N–C) groups is 1. The fourth-order valence-corrected chi connectivity index (χ4v) is 7.72. The summed E-state index contributed by atoms with van der Waals surface area (Å²) >= 11 is 0. The van der Waals surface area contributed by atoms with E-state index in [1.54, 1.807) is 7.05 Å². The van der Waals surface area contributed by atoms with Crippen LogP contribution in [0.25, 0.3) is 0 Å². The van der Waals surface area contributed by atoms with Crippen molar-refractivity contribution < 1.29 is 14.3 Å². The molecule has 2 bridgehead atoms. The van der Waals surface area contributed by atoms with Gasteiger partial charge in [0.25, 0.3) is 0 Å². The van der Waals surface area contributed by atoms with E-state index in [1.807, 2.05) is 0 Å². The number of carbonyl (C=O) groups excluding carboxylic acids is 2. The van der Waals surface area contributed by atoms with Crippen LogP contribution >= 0.6 is 24.0 Å². The van der Waals surface area contributed by atoms with Crippen LogP contribution in [0, 0.1) is 35.0 Å². The molecule has 2 amide bonds. The molecule has 2 N–H and O–H groups in total. The summed E-state index contributed by atoms with van der Waals surface area (Å²) in [5.74, 6) is 1.73. The largest absolute Gasteiger partial charge is 0.377 e. The van der Waals surface area contributed by atoms with Crippen molar-refractivity contribution in [1.29, 1.82) is 0 Å². The summed E-state index contributed by atoms with van der Waals surface area (Å²) in [6.45, 7) is 1.82. The summed E-state index contributed by atoms with van der Waals surface area (Å²) in [7, 11) is 1.79. The van der Waals surface area contributed by atoms with Gasteiger partial charge in [-0.15, -0.1) is 24.0 Å². The lowest BCUT2D eigenvalue weighted by Gasteiger charge is -2.57. The summed E-state index contributed by atoms with van der Waals surface area (Å²) < 4.78 is 6.08. The van der Waals surface area contributed by atoms with Gasteiger partial charge in [0.05, 0.1) is 17.9 Å². The third-order valence-electron chi connectivity index (χ3n) is 8.99. The summed E-state index contributed by atoms with van der Waals surface area (Å²) in [5.41, 5.74) is 0.267. The van der Waals surface area contributed by atoms with Crippen molar-refractivity contribution in [3.63, 3.8) is 0 Å². The van der Waals surface area contributed by atoms with Crippen LogP contribution in [0.4, 0.5) is 0 Å². The van der Waals surface area contributed by atoms with Crippen molar-refractivity contribution in [3.8, 4) is 0 Å². The Morgan fingerprint density at radius 1 is 1.19 bits per heavy atom. The highest BCUT2D eigenvalue weighted by atomic mass is 127. The van der Waals surface area contributed by atoms with Gasteiger partial charge in [-0.05, 0) is 37.5 Å². The zero-order valence-corrected chi connectivity index (χ0v) is 20.4. The Morgan fingerprint density at radius 2 is 1.87 bits per heavy atom. The predicted octanol–water partition coefficient (Wildman–Crippen LogP) is 1.92. The molecule has 5 fully saturated rings. The number of guanidine groups is 1. The lowest BCUT2D eigenvalue weighted by atomic mass is 9.54. The minimum absolute atomic E-state index is 0. The molecule has 1 spiro atoms. The maximum absolute atomic E-state index is 12.8. The van der Waals surface area contributed by atoms with E-state index in [0.717, 1.165) is 25.4 Å². The first-order valence-corrected chi connectivity index (χ1v) is 11.8. The van der Waals surface area contributed by atoms with Crippen molar-refractivity contribution in [1.82, 2.24) is 15.5 Å². The number of rotatable bonds is 4. The Balaban J connectivity index is 0.00000204. The molecular weight excluding hydrogens is 507 g/mol. The van der Waals surface area contributed by atoms with E-state index in [-0.39, 0.29) is 64.9 Å². The highest BCUT2D eigenvalue weighted by Gasteiger charge is 2.65. The van der Waals surface area contributed by atoms with Crippen LogP contribution in [-0.4, -0.2) is 61.6 Å². The first kappa shape index (κ1) is 21.7. The normalized spacial score (nSPS) is 41.4. The van der Waals surface area contributed by atoms with Crippen LogP contribution in [0.2, 0.25) is 0 Å². The lowest BCUT2D eigenvalue weighted by molar-refractivity contribution is -0.140. The number of allylic oxidation sites excluding steroid dienone is 2. The zero-order chi connectivity index (χ0) is 20.5. The number of fused-ring (bicyclic) bond motifs is 7. The second-order valence-electron chi connectivity index (χ2n) is 10.1. The topological polar surface area (TPSA) is 83.0 Å². The molecule has 6 rings (SSSR count). The fourth-order valence-electron chi connectivity index (χ4n) is 7.72. The minimum Gasteiger partial charge on any atom is -0.377 e. The molecule has 2 heterocycles. The third-order valence-corrected chi connectivity index (χ3v) is 8.99. The second kappa shape index (κ2) is 8.01. The minimum atomic E-state index is -0.110. The quantitative estimate of drug-likeness (QED) is 0.187.